The van der Waals surface area contributed by atoms with Crippen molar-refractivity contribution < 1.29 is 4.79 Å². The van der Waals surface area contributed by atoms with Crippen molar-refractivity contribution in [1.82, 2.24) is 10.6 Å². The highest BCUT2D eigenvalue weighted by Gasteiger charge is 2.23. The number of amidine groups is 1. The van der Waals surface area contributed by atoms with Crippen LogP contribution in [0, 0.1) is 0 Å². The molecule has 1 aliphatic heterocycles. The van der Waals surface area contributed by atoms with Gasteiger partial charge in [-0.05, 0) is 44.8 Å². The minimum absolute atomic E-state index is 0.0136. The number of anilines is 1. The fourth-order valence-electron chi connectivity index (χ4n) is 2.28. The van der Waals surface area contributed by atoms with Gasteiger partial charge in [0, 0.05) is 19.4 Å². The lowest BCUT2D eigenvalue weighted by Crippen LogP contribution is -2.38. The number of halogens is 2. The van der Waals surface area contributed by atoms with Crippen LogP contribution in [0.25, 0.3) is 0 Å². The number of benzene rings is 1. The molecule has 5 nitrogen and oxygen atoms in total. The van der Waals surface area contributed by atoms with Gasteiger partial charge in [0.2, 0.25) is 5.91 Å². The number of hydrogen-bond donors (Lipinski definition) is 2. The largest absolute Gasteiger partial charge is 0.313 e. The van der Waals surface area contributed by atoms with Crippen LogP contribution >= 0.6 is 35.0 Å². The number of hydrazone groups is 1. The standard InChI is InChI=1S/C16H22Cl2N4OS/c1-16(19-2,24-3)8-6-15(23)20-14-7-9-22(21-14)11-4-5-12(17)13(18)10-11/h4-5,10,19H,6-9H2,1-3H3,(H,20,21,23). The number of carbonyl (C=O) groups excluding carboxylic acids is 1. The third-order valence-corrected chi connectivity index (χ3v) is 6.14. The van der Waals surface area contributed by atoms with E-state index in [1.54, 1.807) is 23.9 Å². The van der Waals surface area contributed by atoms with Crippen LogP contribution in [0.2, 0.25) is 10.0 Å². The molecule has 1 atom stereocenters. The third-order valence-electron chi connectivity index (χ3n) is 4.10. The quantitative estimate of drug-likeness (QED) is 0.729. The molecule has 24 heavy (non-hydrogen) atoms. The van der Waals surface area contributed by atoms with Gasteiger partial charge in [-0.15, -0.1) is 11.8 Å². The van der Waals surface area contributed by atoms with Crippen molar-refractivity contribution in [3.63, 3.8) is 0 Å². The Morgan fingerprint density at radius 1 is 1.42 bits per heavy atom. The number of hydrogen-bond acceptors (Lipinski definition) is 5. The first-order valence-corrected chi connectivity index (χ1v) is 9.69. The Bertz CT molecular complexity index is 635. The van der Waals surface area contributed by atoms with E-state index >= 15 is 0 Å². The molecule has 0 spiro atoms. The van der Waals surface area contributed by atoms with Gasteiger partial charge in [-0.2, -0.15) is 5.10 Å². The lowest BCUT2D eigenvalue weighted by molar-refractivity contribution is -0.119. The molecule has 8 heteroatoms. The zero-order chi connectivity index (χ0) is 17.7. The lowest BCUT2D eigenvalue weighted by Gasteiger charge is -2.26. The second kappa shape index (κ2) is 8.43. The van der Waals surface area contributed by atoms with Crippen molar-refractivity contribution in [3.05, 3.63) is 28.2 Å². The van der Waals surface area contributed by atoms with E-state index in [2.05, 4.69) is 22.7 Å². The highest BCUT2D eigenvalue weighted by Crippen LogP contribution is 2.28. The van der Waals surface area contributed by atoms with Gasteiger partial charge in [0.25, 0.3) is 0 Å². The summed E-state index contributed by atoms with van der Waals surface area (Å²) in [6.07, 6.45) is 3.92. The van der Waals surface area contributed by atoms with E-state index in [0.717, 1.165) is 12.1 Å². The Morgan fingerprint density at radius 3 is 2.79 bits per heavy atom. The normalized spacial score (nSPS) is 16.7. The van der Waals surface area contributed by atoms with E-state index in [1.807, 2.05) is 24.4 Å². The maximum absolute atomic E-state index is 12.1. The third kappa shape index (κ3) is 5.02. The molecule has 0 fully saturated rings. The first-order chi connectivity index (χ1) is 11.4. The Labute approximate surface area is 157 Å². The molecule has 2 rings (SSSR count). The number of carbonyl (C=O) groups is 1. The minimum atomic E-state index is -0.0963. The number of rotatable bonds is 6. The first kappa shape index (κ1) is 19.4. The highest BCUT2D eigenvalue weighted by molar-refractivity contribution is 7.99. The van der Waals surface area contributed by atoms with Crippen molar-refractivity contribution in [3.8, 4) is 0 Å². The predicted molar refractivity (Wildman–Crippen MR) is 104 cm³/mol. The zero-order valence-electron chi connectivity index (χ0n) is 14.0. The molecule has 1 aliphatic rings. The highest BCUT2D eigenvalue weighted by atomic mass is 35.5. The van der Waals surface area contributed by atoms with Crippen molar-refractivity contribution >= 4 is 52.4 Å². The average molecular weight is 389 g/mol. The molecule has 1 heterocycles. The second-order valence-corrected chi connectivity index (χ2v) is 7.88. The molecule has 0 radical (unpaired) electrons. The summed E-state index contributed by atoms with van der Waals surface area (Å²) in [6.45, 7) is 2.79. The molecule has 132 valence electrons. The summed E-state index contributed by atoms with van der Waals surface area (Å²) in [5, 5.41) is 13.4. The molecule has 2 N–H and O–H groups in total. The van der Waals surface area contributed by atoms with E-state index in [9.17, 15) is 4.79 Å². The van der Waals surface area contributed by atoms with Crippen molar-refractivity contribution in [2.45, 2.75) is 31.1 Å². The maximum Gasteiger partial charge on any atom is 0.225 e. The van der Waals surface area contributed by atoms with Gasteiger partial charge in [-0.25, -0.2) is 0 Å². The molecule has 1 aromatic rings. The Kier molecular flexibility index (Phi) is 6.80. The molecule has 0 aliphatic carbocycles. The van der Waals surface area contributed by atoms with Gasteiger partial charge in [0.1, 0.15) is 5.84 Å². The fraction of sp³-hybridized carbons (Fsp3) is 0.500. The summed E-state index contributed by atoms with van der Waals surface area (Å²) in [4.78, 5) is 12.0. The number of thioether (sulfide) groups is 1. The van der Waals surface area contributed by atoms with E-state index in [0.29, 0.717) is 35.3 Å². The van der Waals surface area contributed by atoms with Crippen molar-refractivity contribution in [2.24, 2.45) is 5.10 Å². The van der Waals surface area contributed by atoms with Crippen molar-refractivity contribution in [1.29, 1.82) is 0 Å². The smallest absolute Gasteiger partial charge is 0.225 e. The summed E-state index contributed by atoms with van der Waals surface area (Å²) < 4.78 is 0. The Balaban J connectivity index is 1.91. The first-order valence-electron chi connectivity index (χ1n) is 7.71. The van der Waals surface area contributed by atoms with Gasteiger partial charge in [0.05, 0.1) is 20.6 Å². The average Bonchev–Trinajstić information content (AvgIpc) is 3.03. The molecule has 1 unspecified atom stereocenters. The van der Waals surface area contributed by atoms with Gasteiger partial charge in [0.15, 0.2) is 0 Å². The minimum Gasteiger partial charge on any atom is -0.313 e. The fourth-order valence-corrected chi connectivity index (χ4v) is 3.08. The van der Waals surface area contributed by atoms with Crippen molar-refractivity contribution in [2.75, 3.05) is 24.9 Å². The van der Waals surface area contributed by atoms with Crippen LogP contribution in [0.4, 0.5) is 5.69 Å². The van der Waals surface area contributed by atoms with Crippen LogP contribution in [0.1, 0.15) is 26.2 Å². The molecule has 0 saturated carbocycles. The van der Waals surface area contributed by atoms with Crippen LogP contribution in [0.3, 0.4) is 0 Å². The van der Waals surface area contributed by atoms with Crippen LogP contribution < -0.4 is 15.6 Å². The number of nitrogens with one attached hydrogen (secondary N) is 2. The molecular weight excluding hydrogens is 367 g/mol. The number of nitrogens with zero attached hydrogens (tertiary/aromatic N) is 2. The Morgan fingerprint density at radius 2 is 2.17 bits per heavy atom. The van der Waals surface area contributed by atoms with E-state index in [4.69, 9.17) is 23.2 Å². The molecular formula is C16H22Cl2N4OS. The van der Waals surface area contributed by atoms with Crippen LogP contribution in [-0.2, 0) is 4.79 Å². The monoisotopic (exact) mass is 388 g/mol. The number of amides is 1. The van der Waals surface area contributed by atoms with Crippen LogP contribution in [0.15, 0.2) is 23.3 Å². The second-order valence-electron chi connectivity index (χ2n) is 5.75. The van der Waals surface area contributed by atoms with Gasteiger partial charge < -0.3 is 10.6 Å². The molecule has 0 bridgehead atoms. The summed E-state index contributed by atoms with van der Waals surface area (Å²) in [7, 11) is 1.91. The summed E-state index contributed by atoms with van der Waals surface area (Å²) in [5.41, 5.74) is 0.860. The summed E-state index contributed by atoms with van der Waals surface area (Å²) in [6, 6.07) is 5.38. The maximum atomic E-state index is 12.1. The summed E-state index contributed by atoms with van der Waals surface area (Å²) >= 11 is 13.7. The zero-order valence-corrected chi connectivity index (χ0v) is 16.4. The van der Waals surface area contributed by atoms with E-state index in [-0.39, 0.29) is 10.8 Å². The topological polar surface area (TPSA) is 56.7 Å². The van der Waals surface area contributed by atoms with Gasteiger partial charge in [-0.1, -0.05) is 23.2 Å². The predicted octanol–water partition coefficient (Wildman–Crippen LogP) is 3.71. The van der Waals surface area contributed by atoms with Crippen LogP contribution in [-0.4, -0.2) is 36.5 Å². The molecule has 0 saturated heterocycles. The molecule has 1 aromatic carbocycles. The molecule has 0 aromatic heterocycles. The summed E-state index contributed by atoms with van der Waals surface area (Å²) in [5.74, 6) is 0.668. The van der Waals surface area contributed by atoms with Crippen LogP contribution in [0.5, 0.6) is 0 Å². The molecule has 1 amide bonds. The van der Waals surface area contributed by atoms with E-state index < -0.39 is 0 Å². The van der Waals surface area contributed by atoms with Gasteiger partial charge in [-0.3, -0.25) is 9.80 Å². The van der Waals surface area contributed by atoms with Gasteiger partial charge >= 0.3 is 0 Å². The SMILES string of the molecule is CNC(C)(CCC(=O)NC1=NN(c2ccc(Cl)c(Cl)c2)CC1)SC. The lowest BCUT2D eigenvalue weighted by atomic mass is 10.1. The van der Waals surface area contributed by atoms with E-state index in [1.165, 1.54) is 0 Å². The Hall–Kier alpha value is -0.950.